The quantitative estimate of drug-likeness (QED) is 0.624. The molecule has 0 spiro atoms. The molecule has 3 aromatic rings. The van der Waals surface area contributed by atoms with Crippen molar-refractivity contribution >= 4 is 22.8 Å². The lowest BCUT2D eigenvalue weighted by Gasteiger charge is -2.25. The Morgan fingerprint density at radius 2 is 1.88 bits per heavy atom. The van der Waals surface area contributed by atoms with Gasteiger partial charge in [-0.05, 0) is 59.6 Å². The van der Waals surface area contributed by atoms with E-state index < -0.39 is 5.97 Å². The predicted octanol–water partition coefficient (Wildman–Crippen LogP) is 4.38. The van der Waals surface area contributed by atoms with Crippen molar-refractivity contribution in [3.05, 3.63) is 70.7 Å². The van der Waals surface area contributed by atoms with Gasteiger partial charge < -0.3 is 15.0 Å². The number of hydrogen-bond acceptors (Lipinski definition) is 2. The van der Waals surface area contributed by atoms with Crippen LogP contribution in [0.1, 0.15) is 49.6 Å². The Morgan fingerprint density at radius 1 is 1.16 bits per heavy atom. The van der Waals surface area contributed by atoms with Gasteiger partial charge in [-0.3, -0.25) is 9.59 Å². The summed E-state index contributed by atoms with van der Waals surface area (Å²) in [6.07, 6.45) is 2.24. The van der Waals surface area contributed by atoms with Crippen molar-refractivity contribution in [1.82, 2.24) is 9.88 Å². The van der Waals surface area contributed by atoms with Gasteiger partial charge in [0.15, 0.2) is 0 Å². The van der Waals surface area contributed by atoms with Gasteiger partial charge in [-0.2, -0.15) is 0 Å². The van der Waals surface area contributed by atoms with E-state index >= 15 is 0 Å². The summed E-state index contributed by atoms with van der Waals surface area (Å²) >= 11 is 0. The number of aliphatic carboxylic acids is 1. The Bertz CT molecular complexity index is 1170. The number of nitrogens with one attached hydrogen (secondary N) is 1. The molecule has 1 aliphatic carbocycles. The highest BCUT2D eigenvalue weighted by molar-refractivity contribution is 5.87. The summed E-state index contributed by atoms with van der Waals surface area (Å²) in [5.74, 6) is -1.32. The van der Waals surface area contributed by atoms with Gasteiger partial charge in [0, 0.05) is 22.6 Å². The molecule has 0 aliphatic heterocycles. The normalized spacial score (nSPS) is 16.1. The topological polar surface area (TPSA) is 71.3 Å². The number of hydrogen-bond donors (Lipinski definition) is 2. The first-order valence-electron chi connectivity index (χ1n) is 11.0. The number of halogens is 1. The van der Waals surface area contributed by atoms with E-state index in [1.54, 1.807) is 10.6 Å². The third kappa shape index (κ3) is 4.54. The lowest BCUT2D eigenvalue weighted by Crippen LogP contribution is -2.39. The number of nitrogens with zero attached hydrogens (tertiary/aromatic N) is 1. The van der Waals surface area contributed by atoms with Crippen LogP contribution in [0.15, 0.2) is 42.5 Å². The van der Waals surface area contributed by atoms with Crippen molar-refractivity contribution in [2.45, 2.75) is 64.5 Å². The van der Waals surface area contributed by atoms with Gasteiger partial charge in [0.05, 0.1) is 6.42 Å². The first-order chi connectivity index (χ1) is 15.1. The van der Waals surface area contributed by atoms with Gasteiger partial charge in [0.2, 0.25) is 5.91 Å². The van der Waals surface area contributed by atoms with E-state index in [2.05, 4.69) is 38.2 Å². The van der Waals surface area contributed by atoms with E-state index in [-0.39, 0.29) is 29.7 Å². The molecule has 1 aliphatic rings. The zero-order valence-corrected chi connectivity index (χ0v) is 18.7. The fourth-order valence-electron chi connectivity index (χ4n) is 4.65. The third-order valence-corrected chi connectivity index (χ3v) is 6.27. The second kappa shape index (κ2) is 8.41. The molecule has 0 fully saturated rings. The Kier molecular flexibility index (Phi) is 5.80. The number of carboxylic acids is 1. The van der Waals surface area contributed by atoms with Crippen LogP contribution in [-0.2, 0) is 40.8 Å². The number of benzene rings is 2. The monoisotopic (exact) mass is 436 g/mol. The smallest absolute Gasteiger partial charge is 0.323 e. The van der Waals surface area contributed by atoms with Crippen molar-refractivity contribution in [2.75, 3.05) is 0 Å². The Labute approximate surface area is 187 Å². The summed E-state index contributed by atoms with van der Waals surface area (Å²) in [6, 6.07) is 12.5. The number of aromatic nitrogens is 1. The van der Waals surface area contributed by atoms with Crippen molar-refractivity contribution in [3.8, 4) is 0 Å². The Hall–Kier alpha value is -3.15. The molecule has 1 atom stereocenters. The zero-order chi connectivity index (χ0) is 23.0. The van der Waals surface area contributed by atoms with Crippen LogP contribution < -0.4 is 5.32 Å². The van der Waals surface area contributed by atoms with Gasteiger partial charge in [-0.25, -0.2) is 4.39 Å². The Morgan fingerprint density at radius 3 is 2.53 bits per heavy atom. The van der Waals surface area contributed by atoms with E-state index in [0.29, 0.717) is 19.3 Å². The zero-order valence-electron chi connectivity index (χ0n) is 18.7. The summed E-state index contributed by atoms with van der Waals surface area (Å²) in [6.45, 7) is 6.32. The van der Waals surface area contributed by atoms with Crippen LogP contribution in [0.4, 0.5) is 4.39 Å². The lowest BCUT2D eigenvalue weighted by atomic mass is 9.86. The van der Waals surface area contributed by atoms with Crippen LogP contribution in [0.25, 0.3) is 10.9 Å². The SMILES string of the molecule is CC(C)(C)c1ccc(CC(=O)N[C@H]2CCc3c(c4cc(F)ccc4n3CC(=O)O)C2)cc1. The number of amides is 1. The molecule has 0 unspecified atom stereocenters. The lowest BCUT2D eigenvalue weighted by molar-refractivity contribution is -0.137. The highest BCUT2D eigenvalue weighted by Gasteiger charge is 2.27. The van der Waals surface area contributed by atoms with Crippen LogP contribution in [0.2, 0.25) is 0 Å². The molecule has 2 aromatic carbocycles. The predicted molar refractivity (Wildman–Crippen MR) is 122 cm³/mol. The summed E-state index contributed by atoms with van der Waals surface area (Å²) in [4.78, 5) is 24.1. The molecular formula is C26H29FN2O3. The van der Waals surface area contributed by atoms with E-state index in [9.17, 15) is 19.1 Å². The van der Waals surface area contributed by atoms with Crippen LogP contribution >= 0.6 is 0 Å². The fraction of sp³-hybridized carbons (Fsp3) is 0.385. The van der Waals surface area contributed by atoms with E-state index in [1.807, 2.05) is 12.1 Å². The maximum Gasteiger partial charge on any atom is 0.323 e. The van der Waals surface area contributed by atoms with Crippen molar-refractivity contribution in [3.63, 3.8) is 0 Å². The highest BCUT2D eigenvalue weighted by Crippen LogP contribution is 2.33. The minimum atomic E-state index is -0.929. The van der Waals surface area contributed by atoms with Gasteiger partial charge in [0.25, 0.3) is 0 Å². The molecule has 168 valence electrons. The average molecular weight is 437 g/mol. The van der Waals surface area contributed by atoms with Gasteiger partial charge in [-0.15, -0.1) is 0 Å². The first-order valence-corrected chi connectivity index (χ1v) is 11.0. The van der Waals surface area contributed by atoms with Crippen molar-refractivity contribution < 1.29 is 19.1 Å². The van der Waals surface area contributed by atoms with E-state index in [0.717, 1.165) is 34.1 Å². The van der Waals surface area contributed by atoms with Crippen LogP contribution in [0.5, 0.6) is 0 Å². The summed E-state index contributed by atoms with van der Waals surface area (Å²) in [5, 5.41) is 13.2. The molecular weight excluding hydrogens is 407 g/mol. The fourth-order valence-corrected chi connectivity index (χ4v) is 4.65. The number of carbonyl (C=O) groups excluding carboxylic acids is 1. The molecule has 5 nitrogen and oxygen atoms in total. The molecule has 4 rings (SSSR count). The number of carboxylic acid groups (broad SMARTS) is 1. The Balaban J connectivity index is 1.49. The maximum atomic E-state index is 13.9. The molecule has 1 heterocycles. The second-order valence-electron chi connectivity index (χ2n) is 9.70. The minimum Gasteiger partial charge on any atom is -0.480 e. The largest absolute Gasteiger partial charge is 0.480 e. The highest BCUT2D eigenvalue weighted by atomic mass is 19.1. The molecule has 0 bridgehead atoms. The second-order valence-corrected chi connectivity index (χ2v) is 9.70. The molecule has 0 saturated carbocycles. The summed E-state index contributed by atoms with van der Waals surface area (Å²) < 4.78 is 15.7. The third-order valence-electron chi connectivity index (χ3n) is 6.27. The molecule has 6 heteroatoms. The first kappa shape index (κ1) is 22.1. The number of fused-ring (bicyclic) bond motifs is 3. The van der Waals surface area contributed by atoms with Gasteiger partial charge in [0.1, 0.15) is 12.4 Å². The van der Waals surface area contributed by atoms with Crippen molar-refractivity contribution in [1.29, 1.82) is 0 Å². The van der Waals surface area contributed by atoms with Crippen LogP contribution in [-0.4, -0.2) is 27.6 Å². The molecule has 2 N–H and O–H groups in total. The minimum absolute atomic E-state index is 0.0394. The van der Waals surface area contributed by atoms with E-state index in [1.165, 1.54) is 17.7 Å². The number of carbonyl (C=O) groups is 2. The molecule has 0 saturated heterocycles. The van der Waals surface area contributed by atoms with Gasteiger partial charge >= 0.3 is 5.97 Å². The van der Waals surface area contributed by atoms with Crippen LogP contribution in [0, 0.1) is 5.82 Å². The molecule has 0 radical (unpaired) electrons. The maximum absolute atomic E-state index is 13.9. The summed E-state index contributed by atoms with van der Waals surface area (Å²) in [7, 11) is 0. The molecule has 1 amide bonds. The number of rotatable bonds is 5. The molecule has 32 heavy (non-hydrogen) atoms. The standard InChI is InChI=1S/C26H29FN2O3/c1-26(2,3)17-6-4-16(5-7-17)12-24(30)28-19-9-11-23-21(14-19)20-13-18(27)8-10-22(20)29(23)15-25(31)32/h4-8,10,13,19H,9,11-12,14-15H2,1-3H3,(H,28,30)(H,31,32)/t19-/m0/s1. The average Bonchev–Trinajstić information content (AvgIpc) is 2.99. The molecule has 1 aromatic heterocycles. The van der Waals surface area contributed by atoms with E-state index in [4.69, 9.17) is 0 Å². The van der Waals surface area contributed by atoms with Gasteiger partial charge in [-0.1, -0.05) is 45.0 Å². The summed E-state index contributed by atoms with van der Waals surface area (Å²) in [5.41, 5.74) is 4.85. The van der Waals surface area contributed by atoms with Crippen LogP contribution in [0.3, 0.4) is 0 Å². The van der Waals surface area contributed by atoms with Crippen molar-refractivity contribution in [2.24, 2.45) is 0 Å².